The molecule has 5 heteroatoms. The van der Waals surface area contributed by atoms with Gasteiger partial charge in [0.1, 0.15) is 6.10 Å². The molecule has 4 nitrogen and oxygen atoms in total. The van der Waals surface area contributed by atoms with E-state index in [-0.39, 0.29) is 17.9 Å². The number of hydrogen-bond donors (Lipinski definition) is 1. The number of rotatable bonds is 2. The number of morpholine rings is 1. The monoisotopic (exact) mass is 308 g/mol. The van der Waals surface area contributed by atoms with Crippen molar-refractivity contribution in [2.75, 3.05) is 32.8 Å². The second-order valence-electron chi connectivity index (χ2n) is 5.74. The smallest absolute Gasteiger partial charge is 0.227 e. The van der Waals surface area contributed by atoms with Crippen LogP contribution in [-0.2, 0) is 9.53 Å². The highest BCUT2D eigenvalue weighted by Gasteiger charge is 2.30. The van der Waals surface area contributed by atoms with Crippen LogP contribution in [-0.4, -0.2) is 43.6 Å². The quantitative estimate of drug-likeness (QED) is 0.911. The van der Waals surface area contributed by atoms with Crippen LogP contribution in [0.3, 0.4) is 0 Å². The van der Waals surface area contributed by atoms with Gasteiger partial charge in [-0.3, -0.25) is 4.79 Å². The molecule has 1 amide bonds. The number of hydrogen-bond acceptors (Lipinski definition) is 3. The molecule has 2 saturated heterocycles. The van der Waals surface area contributed by atoms with Crippen molar-refractivity contribution in [3.8, 4) is 0 Å². The van der Waals surface area contributed by atoms with Crippen molar-refractivity contribution >= 4 is 17.5 Å². The molecular weight excluding hydrogens is 288 g/mol. The zero-order valence-corrected chi connectivity index (χ0v) is 12.8. The standard InChI is InChI=1S/C16H21ClN2O2/c17-14-5-3-12(4-6-14)15-11-19(8-9-21-15)16(20)13-2-1-7-18-10-13/h3-6,13,15,18H,1-2,7-11H2. The van der Waals surface area contributed by atoms with Crippen LogP contribution in [0.4, 0.5) is 0 Å². The summed E-state index contributed by atoms with van der Waals surface area (Å²) in [6.07, 6.45) is 2.03. The second kappa shape index (κ2) is 6.77. The van der Waals surface area contributed by atoms with Gasteiger partial charge in [0.15, 0.2) is 0 Å². The van der Waals surface area contributed by atoms with Crippen LogP contribution >= 0.6 is 11.6 Å². The van der Waals surface area contributed by atoms with E-state index in [0.29, 0.717) is 19.7 Å². The summed E-state index contributed by atoms with van der Waals surface area (Å²) in [5.74, 6) is 0.396. The fourth-order valence-corrected chi connectivity index (χ4v) is 3.18. The van der Waals surface area contributed by atoms with Crippen molar-refractivity contribution in [3.63, 3.8) is 0 Å². The number of nitrogens with one attached hydrogen (secondary N) is 1. The number of benzene rings is 1. The first-order chi connectivity index (χ1) is 10.2. The number of piperidine rings is 1. The van der Waals surface area contributed by atoms with E-state index in [1.165, 1.54) is 0 Å². The second-order valence-corrected chi connectivity index (χ2v) is 6.17. The van der Waals surface area contributed by atoms with Crippen molar-refractivity contribution < 1.29 is 9.53 Å². The predicted molar refractivity (Wildman–Crippen MR) is 82.3 cm³/mol. The average Bonchev–Trinajstić information content (AvgIpc) is 2.56. The molecule has 0 radical (unpaired) electrons. The highest BCUT2D eigenvalue weighted by molar-refractivity contribution is 6.30. The highest BCUT2D eigenvalue weighted by atomic mass is 35.5. The van der Waals surface area contributed by atoms with Gasteiger partial charge in [-0.2, -0.15) is 0 Å². The van der Waals surface area contributed by atoms with E-state index < -0.39 is 0 Å². The maximum Gasteiger partial charge on any atom is 0.227 e. The zero-order valence-electron chi connectivity index (χ0n) is 12.1. The summed E-state index contributed by atoms with van der Waals surface area (Å²) in [4.78, 5) is 14.6. The molecule has 0 spiro atoms. The molecule has 1 aromatic rings. The third-order valence-electron chi connectivity index (χ3n) is 4.27. The summed E-state index contributed by atoms with van der Waals surface area (Å²) in [6.45, 7) is 3.76. The maximum absolute atomic E-state index is 12.6. The van der Waals surface area contributed by atoms with Gasteiger partial charge in [0.2, 0.25) is 5.91 Å². The minimum atomic E-state index is -0.0449. The van der Waals surface area contributed by atoms with E-state index in [1.807, 2.05) is 29.2 Å². The van der Waals surface area contributed by atoms with Gasteiger partial charge in [-0.25, -0.2) is 0 Å². The van der Waals surface area contributed by atoms with E-state index in [4.69, 9.17) is 16.3 Å². The van der Waals surface area contributed by atoms with Crippen LogP contribution < -0.4 is 5.32 Å². The fraction of sp³-hybridized carbons (Fsp3) is 0.562. The Morgan fingerprint density at radius 1 is 1.33 bits per heavy atom. The molecule has 1 N–H and O–H groups in total. The Labute approximate surface area is 130 Å². The Balaban J connectivity index is 1.64. The first-order valence-electron chi connectivity index (χ1n) is 7.60. The maximum atomic E-state index is 12.6. The first kappa shape index (κ1) is 14.8. The molecule has 2 fully saturated rings. The molecule has 2 heterocycles. The minimum absolute atomic E-state index is 0.0449. The van der Waals surface area contributed by atoms with Gasteiger partial charge < -0.3 is 15.0 Å². The molecule has 0 bridgehead atoms. The van der Waals surface area contributed by atoms with E-state index >= 15 is 0 Å². The molecule has 3 rings (SSSR count). The van der Waals surface area contributed by atoms with Gasteiger partial charge in [0, 0.05) is 18.1 Å². The summed E-state index contributed by atoms with van der Waals surface area (Å²) in [5, 5.41) is 4.03. The lowest BCUT2D eigenvalue weighted by Gasteiger charge is -2.36. The number of carbonyl (C=O) groups excluding carboxylic acids is 1. The van der Waals surface area contributed by atoms with E-state index in [0.717, 1.165) is 36.5 Å². The third kappa shape index (κ3) is 3.57. The number of ether oxygens (including phenoxy) is 1. The molecule has 2 atom stereocenters. The predicted octanol–water partition coefficient (Wildman–Crippen LogP) is 2.24. The highest BCUT2D eigenvalue weighted by Crippen LogP contribution is 2.25. The van der Waals surface area contributed by atoms with Crippen molar-refractivity contribution in [2.24, 2.45) is 5.92 Å². The van der Waals surface area contributed by atoms with Crippen molar-refractivity contribution in [1.29, 1.82) is 0 Å². The molecule has 1 aromatic carbocycles. The lowest BCUT2D eigenvalue weighted by Crippen LogP contribution is -2.48. The lowest BCUT2D eigenvalue weighted by atomic mass is 9.97. The molecule has 114 valence electrons. The van der Waals surface area contributed by atoms with Gasteiger partial charge in [-0.1, -0.05) is 23.7 Å². The molecule has 0 saturated carbocycles. The van der Waals surface area contributed by atoms with Crippen LogP contribution in [0.15, 0.2) is 24.3 Å². The van der Waals surface area contributed by atoms with E-state index in [9.17, 15) is 4.79 Å². The third-order valence-corrected chi connectivity index (χ3v) is 4.52. The SMILES string of the molecule is O=C(C1CCCNC1)N1CCOC(c2ccc(Cl)cc2)C1. The van der Waals surface area contributed by atoms with Crippen molar-refractivity contribution in [3.05, 3.63) is 34.9 Å². The van der Waals surface area contributed by atoms with Crippen molar-refractivity contribution in [1.82, 2.24) is 10.2 Å². The average molecular weight is 309 g/mol. The number of halogens is 1. The Morgan fingerprint density at radius 2 is 2.14 bits per heavy atom. The van der Waals surface area contributed by atoms with Crippen LogP contribution in [0.2, 0.25) is 5.02 Å². The summed E-state index contributed by atoms with van der Waals surface area (Å²) >= 11 is 5.92. The number of amides is 1. The molecule has 2 aliphatic rings. The van der Waals surface area contributed by atoms with Crippen LogP contribution in [0.1, 0.15) is 24.5 Å². The van der Waals surface area contributed by atoms with Gasteiger partial charge in [0.25, 0.3) is 0 Å². The zero-order chi connectivity index (χ0) is 14.7. The van der Waals surface area contributed by atoms with Crippen molar-refractivity contribution in [2.45, 2.75) is 18.9 Å². The Kier molecular flexibility index (Phi) is 4.78. The van der Waals surface area contributed by atoms with Crippen LogP contribution in [0.25, 0.3) is 0 Å². The molecule has 2 aliphatic heterocycles. The Bertz CT molecular complexity index is 486. The summed E-state index contributed by atoms with van der Waals surface area (Å²) in [6, 6.07) is 7.68. The summed E-state index contributed by atoms with van der Waals surface area (Å²) < 4.78 is 5.82. The molecule has 0 aromatic heterocycles. The van der Waals surface area contributed by atoms with Crippen LogP contribution in [0.5, 0.6) is 0 Å². The van der Waals surface area contributed by atoms with Gasteiger partial charge in [-0.05, 0) is 37.1 Å². The molecule has 0 aliphatic carbocycles. The number of carbonyl (C=O) groups is 1. The lowest BCUT2D eigenvalue weighted by molar-refractivity contribution is -0.143. The topological polar surface area (TPSA) is 41.6 Å². The number of nitrogens with zero attached hydrogens (tertiary/aromatic N) is 1. The van der Waals surface area contributed by atoms with E-state index in [2.05, 4.69) is 5.32 Å². The molecule has 2 unspecified atom stereocenters. The normalized spacial score (nSPS) is 26.6. The largest absolute Gasteiger partial charge is 0.370 e. The van der Waals surface area contributed by atoms with Crippen LogP contribution in [0, 0.1) is 5.92 Å². The summed E-state index contributed by atoms with van der Waals surface area (Å²) in [5.41, 5.74) is 1.08. The Morgan fingerprint density at radius 3 is 2.86 bits per heavy atom. The summed E-state index contributed by atoms with van der Waals surface area (Å²) in [7, 11) is 0. The Hall–Kier alpha value is -1.10. The fourth-order valence-electron chi connectivity index (χ4n) is 3.05. The first-order valence-corrected chi connectivity index (χ1v) is 7.98. The molecule has 21 heavy (non-hydrogen) atoms. The molecular formula is C16H21ClN2O2. The van der Waals surface area contributed by atoms with Gasteiger partial charge >= 0.3 is 0 Å². The van der Waals surface area contributed by atoms with Gasteiger partial charge in [-0.15, -0.1) is 0 Å². The van der Waals surface area contributed by atoms with Gasteiger partial charge in [0.05, 0.1) is 19.1 Å². The minimum Gasteiger partial charge on any atom is -0.370 e. The van der Waals surface area contributed by atoms with E-state index in [1.54, 1.807) is 0 Å².